The Hall–Kier alpha value is -3.13. The van der Waals surface area contributed by atoms with E-state index in [0.29, 0.717) is 36.0 Å². The van der Waals surface area contributed by atoms with Crippen molar-refractivity contribution < 1.29 is 23.8 Å². The summed E-state index contributed by atoms with van der Waals surface area (Å²) < 4.78 is 16.1. The van der Waals surface area contributed by atoms with Crippen LogP contribution < -0.4 is 10.1 Å². The second-order valence-electron chi connectivity index (χ2n) is 8.55. The van der Waals surface area contributed by atoms with Crippen molar-refractivity contribution in [1.29, 1.82) is 0 Å². The third-order valence-corrected chi connectivity index (χ3v) is 6.60. The van der Waals surface area contributed by atoms with Crippen LogP contribution in [0.1, 0.15) is 41.1 Å². The molecule has 0 spiro atoms. The van der Waals surface area contributed by atoms with Gasteiger partial charge in [-0.1, -0.05) is 18.2 Å². The van der Waals surface area contributed by atoms with Crippen LogP contribution in [0.4, 0.5) is 5.69 Å². The summed E-state index contributed by atoms with van der Waals surface area (Å²) in [6.45, 7) is 3.47. The molecule has 3 aliphatic rings. The number of fused-ring (bicyclic) bond motifs is 3. The van der Waals surface area contributed by atoms with Crippen LogP contribution in [-0.4, -0.2) is 68.3 Å². The SMILES string of the molecule is COC(=O)c1ccccc1NCCC(C(=O)O[C@H]1CN2CCC1CC2)c1ccc(OC)nc1. The molecular formula is C25H31N3O5. The second-order valence-corrected chi connectivity index (χ2v) is 8.55. The van der Waals surface area contributed by atoms with Crippen molar-refractivity contribution in [2.24, 2.45) is 5.92 Å². The van der Waals surface area contributed by atoms with Gasteiger partial charge in [0.25, 0.3) is 0 Å². The molecule has 2 aromatic rings. The van der Waals surface area contributed by atoms with Gasteiger partial charge in [-0.2, -0.15) is 0 Å². The lowest BCUT2D eigenvalue weighted by molar-refractivity contribution is -0.160. The fourth-order valence-corrected chi connectivity index (χ4v) is 4.69. The first-order valence-electron chi connectivity index (χ1n) is 11.4. The first-order chi connectivity index (χ1) is 16.1. The van der Waals surface area contributed by atoms with E-state index in [1.807, 2.05) is 18.2 Å². The van der Waals surface area contributed by atoms with Crippen LogP contribution in [0.15, 0.2) is 42.6 Å². The molecule has 3 fully saturated rings. The monoisotopic (exact) mass is 453 g/mol. The highest BCUT2D eigenvalue weighted by Crippen LogP contribution is 2.32. The van der Waals surface area contributed by atoms with Gasteiger partial charge in [-0.05, 0) is 56.0 Å². The molecule has 2 bridgehead atoms. The first-order valence-corrected chi connectivity index (χ1v) is 11.4. The molecular weight excluding hydrogens is 422 g/mol. The van der Waals surface area contributed by atoms with Crippen LogP contribution in [0, 0.1) is 5.92 Å². The summed E-state index contributed by atoms with van der Waals surface area (Å²) in [6, 6.07) is 10.8. The van der Waals surface area contributed by atoms with Crippen LogP contribution in [0.25, 0.3) is 0 Å². The zero-order chi connectivity index (χ0) is 23.2. The minimum Gasteiger partial charge on any atom is -0.481 e. The minimum atomic E-state index is -0.475. The highest BCUT2D eigenvalue weighted by molar-refractivity contribution is 5.95. The Morgan fingerprint density at radius 1 is 1.15 bits per heavy atom. The number of benzene rings is 1. The summed E-state index contributed by atoms with van der Waals surface area (Å²) in [6.07, 6.45) is 4.27. The van der Waals surface area contributed by atoms with Gasteiger partial charge in [0, 0.05) is 31.0 Å². The van der Waals surface area contributed by atoms with Gasteiger partial charge >= 0.3 is 11.9 Å². The van der Waals surface area contributed by atoms with Gasteiger partial charge in [-0.3, -0.25) is 9.69 Å². The van der Waals surface area contributed by atoms with E-state index in [4.69, 9.17) is 14.2 Å². The van der Waals surface area contributed by atoms with Gasteiger partial charge in [0.05, 0.1) is 25.7 Å². The molecule has 0 aliphatic carbocycles. The molecule has 3 saturated heterocycles. The fraction of sp³-hybridized carbons (Fsp3) is 0.480. The van der Waals surface area contributed by atoms with E-state index in [0.717, 1.165) is 38.0 Å². The lowest BCUT2D eigenvalue weighted by atomic mass is 9.85. The lowest BCUT2D eigenvalue weighted by Gasteiger charge is -2.44. The maximum atomic E-state index is 13.3. The summed E-state index contributed by atoms with van der Waals surface area (Å²) in [7, 11) is 2.92. The number of pyridine rings is 1. The van der Waals surface area contributed by atoms with Crippen molar-refractivity contribution >= 4 is 17.6 Å². The quantitative estimate of drug-likeness (QED) is 0.580. The van der Waals surface area contributed by atoms with E-state index in [1.54, 1.807) is 31.5 Å². The number of esters is 2. The molecule has 176 valence electrons. The first kappa shape index (κ1) is 23.0. The van der Waals surface area contributed by atoms with Crippen molar-refractivity contribution in [2.75, 3.05) is 45.7 Å². The molecule has 33 heavy (non-hydrogen) atoms. The van der Waals surface area contributed by atoms with Crippen LogP contribution in [0.5, 0.6) is 5.88 Å². The summed E-state index contributed by atoms with van der Waals surface area (Å²) >= 11 is 0. The number of piperidine rings is 3. The third kappa shape index (κ3) is 5.45. The van der Waals surface area contributed by atoms with E-state index < -0.39 is 11.9 Å². The molecule has 0 saturated carbocycles. The standard InChI is InChI=1S/C25H31N3O5/c1-31-23-8-7-18(15-27-23)19(25(30)33-22-16-28-13-10-17(22)11-14-28)9-12-26-21-6-4-3-5-20(21)24(29)32-2/h3-8,15,17,19,22,26H,9-14,16H2,1-2H3/t19?,22-/m0/s1. The number of rotatable bonds is 9. The van der Waals surface area contributed by atoms with Gasteiger partial charge in [0.1, 0.15) is 6.10 Å². The topological polar surface area (TPSA) is 90.0 Å². The number of para-hydroxylation sites is 1. The number of carbonyl (C=O) groups excluding carboxylic acids is 2. The predicted molar refractivity (Wildman–Crippen MR) is 123 cm³/mol. The number of nitrogens with zero attached hydrogens (tertiary/aromatic N) is 2. The predicted octanol–water partition coefficient (Wildman–Crippen LogP) is 3.10. The van der Waals surface area contributed by atoms with Crippen molar-refractivity contribution in [3.8, 4) is 5.88 Å². The zero-order valence-corrected chi connectivity index (χ0v) is 19.2. The number of ether oxygens (including phenoxy) is 3. The molecule has 8 nitrogen and oxygen atoms in total. The zero-order valence-electron chi connectivity index (χ0n) is 19.2. The Kier molecular flexibility index (Phi) is 7.44. The number of nitrogens with one attached hydrogen (secondary N) is 1. The molecule has 1 aromatic carbocycles. The second kappa shape index (κ2) is 10.7. The molecule has 0 amide bonds. The van der Waals surface area contributed by atoms with Gasteiger partial charge in [0.15, 0.2) is 0 Å². The Labute approximate surface area is 194 Å². The highest BCUT2D eigenvalue weighted by Gasteiger charge is 2.37. The number of hydrogen-bond acceptors (Lipinski definition) is 8. The van der Waals surface area contributed by atoms with E-state index in [2.05, 4.69) is 15.2 Å². The molecule has 2 atom stereocenters. The van der Waals surface area contributed by atoms with Gasteiger partial charge in [-0.15, -0.1) is 0 Å². The van der Waals surface area contributed by atoms with Crippen LogP contribution in [-0.2, 0) is 14.3 Å². The smallest absolute Gasteiger partial charge is 0.339 e. The van der Waals surface area contributed by atoms with Crippen molar-refractivity contribution in [3.63, 3.8) is 0 Å². The Morgan fingerprint density at radius 3 is 2.58 bits per heavy atom. The molecule has 1 aromatic heterocycles. The maximum absolute atomic E-state index is 13.3. The third-order valence-electron chi connectivity index (χ3n) is 6.60. The number of anilines is 1. The van der Waals surface area contributed by atoms with Crippen LogP contribution >= 0.6 is 0 Å². The summed E-state index contributed by atoms with van der Waals surface area (Å²) in [5.74, 6) is -0.178. The highest BCUT2D eigenvalue weighted by atomic mass is 16.5. The Bertz CT molecular complexity index is 957. The maximum Gasteiger partial charge on any atom is 0.339 e. The molecule has 3 aliphatic heterocycles. The van der Waals surface area contributed by atoms with E-state index in [-0.39, 0.29) is 12.1 Å². The van der Waals surface area contributed by atoms with Gasteiger partial charge in [-0.25, -0.2) is 9.78 Å². The average molecular weight is 454 g/mol. The Balaban J connectivity index is 1.46. The minimum absolute atomic E-state index is 0.0540. The van der Waals surface area contributed by atoms with Gasteiger partial charge < -0.3 is 19.5 Å². The number of carbonyl (C=O) groups is 2. The van der Waals surface area contributed by atoms with Crippen LogP contribution in [0.3, 0.4) is 0 Å². The Morgan fingerprint density at radius 2 is 1.94 bits per heavy atom. The molecule has 8 heteroatoms. The molecule has 0 radical (unpaired) electrons. The average Bonchev–Trinajstić information content (AvgIpc) is 2.87. The number of methoxy groups -OCH3 is 2. The molecule has 5 rings (SSSR count). The van der Waals surface area contributed by atoms with E-state index >= 15 is 0 Å². The summed E-state index contributed by atoms with van der Waals surface area (Å²) in [5, 5.41) is 3.27. The molecule has 4 heterocycles. The number of hydrogen-bond donors (Lipinski definition) is 1. The van der Waals surface area contributed by atoms with E-state index in [1.165, 1.54) is 7.11 Å². The normalized spacial score (nSPS) is 22.3. The molecule has 1 N–H and O–H groups in total. The summed E-state index contributed by atoms with van der Waals surface area (Å²) in [5.41, 5.74) is 1.91. The van der Waals surface area contributed by atoms with Crippen molar-refractivity contribution in [2.45, 2.75) is 31.3 Å². The van der Waals surface area contributed by atoms with Crippen LogP contribution in [0.2, 0.25) is 0 Å². The largest absolute Gasteiger partial charge is 0.481 e. The lowest BCUT2D eigenvalue weighted by Crippen LogP contribution is -2.52. The van der Waals surface area contributed by atoms with Crippen molar-refractivity contribution in [1.82, 2.24) is 9.88 Å². The fourth-order valence-electron chi connectivity index (χ4n) is 4.69. The van der Waals surface area contributed by atoms with Gasteiger partial charge in [0.2, 0.25) is 5.88 Å². The van der Waals surface area contributed by atoms with E-state index in [9.17, 15) is 9.59 Å². The molecule has 1 unspecified atom stereocenters. The summed E-state index contributed by atoms with van der Waals surface area (Å²) in [4.78, 5) is 32.0. The van der Waals surface area contributed by atoms with Crippen molar-refractivity contribution in [3.05, 3.63) is 53.7 Å². The number of aromatic nitrogens is 1.